The van der Waals surface area contributed by atoms with Gasteiger partial charge in [0.25, 0.3) is 0 Å². The first-order valence-electron chi connectivity index (χ1n) is 14.3. The lowest BCUT2D eigenvalue weighted by Gasteiger charge is -2.41. The van der Waals surface area contributed by atoms with Gasteiger partial charge in [0, 0.05) is 30.9 Å². The van der Waals surface area contributed by atoms with E-state index in [2.05, 4.69) is 39.0 Å². The number of rotatable bonds is 10. The molecule has 4 aliphatic rings. The van der Waals surface area contributed by atoms with Gasteiger partial charge in [-0.25, -0.2) is 0 Å². The van der Waals surface area contributed by atoms with E-state index in [1.54, 1.807) is 16.7 Å². The van der Waals surface area contributed by atoms with E-state index < -0.39 is 33.4 Å². The number of hydrogen-bond acceptors (Lipinski definition) is 5. The van der Waals surface area contributed by atoms with Gasteiger partial charge in [-0.15, -0.1) is 11.8 Å². The minimum Gasteiger partial charge on any atom is -0.394 e. The molecule has 0 saturated carbocycles. The maximum absolute atomic E-state index is 14.5. The van der Waals surface area contributed by atoms with E-state index in [1.807, 2.05) is 29.7 Å². The molecule has 0 aromatic carbocycles. The molecule has 2 fully saturated rings. The van der Waals surface area contributed by atoms with Crippen LogP contribution in [0, 0.1) is 17.8 Å². The minimum atomic E-state index is -0.844. The second kappa shape index (κ2) is 11.1. The second-order valence-electron chi connectivity index (χ2n) is 11.5. The lowest BCUT2D eigenvalue weighted by Crippen LogP contribution is -2.58. The van der Waals surface area contributed by atoms with Gasteiger partial charge in [0.1, 0.15) is 6.04 Å². The highest BCUT2D eigenvalue weighted by Crippen LogP contribution is 2.66. The monoisotopic (exact) mass is 531 g/mol. The van der Waals surface area contributed by atoms with Crippen LogP contribution in [0.5, 0.6) is 0 Å². The van der Waals surface area contributed by atoms with Crippen LogP contribution in [0.4, 0.5) is 0 Å². The van der Waals surface area contributed by atoms with Crippen LogP contribution in [-0.4, -0.2) is 91.9 Å². The molecule has 0 aromatic heterocycles. The Morgan fingerprint density at radius 1 is 0.946 bits per heavy atom. The highest BCUT2D eigenvalue weighted by molar-refractivity contribution is 8.02. The Morgan fingerprint density at radius 2 is 1.62 bits per heavy atom. The fraction of sp³-hybridized carbons (Fsp3) is 0.759. The zero-order chi connectivity index (χ0) is 27.0. The van der Waals surface area contributed by atoms with Gasteiger partial charge in [0.05, 0.1) is 29.2 Å². The van der Waals surface area contributed by atoms with Crippen LogP contribution in [0.3, 0.4) is 0 Å². The average molecular weight is 532 g/mol. The average Bonchev–Trinajstić information content (AvgIpc) is 3.15. The van der Waals surface area contributed by atoms with Crippen LogP contribution in [0.15, 0.2) is 24.3 Å². The number of nitrogens with zero attached hydrogens (tertiary/aromatic N) is 3. The van der Waals surface area contributed by atoms with Gasteiger partial charge in [-0.1, -0.05) is 71.3 Å². The number of unbranched alkanes of at least 4 members (excludes halogenated alkanes) is 2. The van der Waals surface area contributed by atoms with E-state index in [1.165, 1.54) is 0 Å². The standard InChI is InChI=1S/C29H45N3O4S/c1-6-9-10-16-31-18-12-14-29-23(22-25(34)30(15-7-2)17-11-13-28(22,5)37-29)26(35)32(24(29)27(31)36)21(19-33)20(4)8-3/h11-14,20-24,33H,6-10,15-19H2,1-5H3/t20-,21-,22-,23-,24?,28+,29-/m0/s1. The highest BCUT2D eigenvalue weighted by Gasteiger charge is 2.74. The lowest BCUT2D eigenvalue weighted by molar-refractivity contribution is -0.148. The van der Waals surface area contributed by atoms with Gasteiger partial charge >= 0.3 is 0 Å². The molecule has 206 valence electrons. The quantitative estimate of drug-likeness (QED) is 0.345. The van der Waals surface area contributed by atoms with Crippen molar-refractivity contribution >= 4 is 29.5 Å². The molecule has 7 nitrogen and oxygen atoms in total. The van der Waals surface area contributed by atoms with Gasteiger partial charge in [0.15, 0.2) is 0 Å². The van der Waals surface area contributed by atoms with Crippen LogP contribution in [0.25, 0.3) is 0 Å². The molecule has 4 rings (SSSR count). The summed E-state index contributed by atoms with van der Waals surface area (Å²) in [6.45, 7) is 12.5. The Bertz CT molecular complexity index is 953. The molecular weight excluding hydrogens is 486 g/mol. The summed E-state index contributed by atoms with van der Waals surface area (Å²) in [4.78, 5) is 48.4. The van der Waals surface area contributed by atoms with Crippen molar-refractivity contribution in [1.82, 2.24) is 14.7 Å². The topological polar surface area (TPSA) is 81.2 Å². The largest absolute Gasteiger partial charge is 0.394 e. The summed E-state index contributed by atoms with van der Waals surface area (Å²) in [7, 11) is 0. The number of thioether (sulfide) groups is 1. The summed E-state index contributed by atoms with van der Waals surface area (Å²) in [6.07, 6.45) is 13.0. The maximum Gasteiger partial charge on any atom is 0.247 e. The van der Waals surface area contributed by atoms with Gasteiger partial charge < -0.3 is 19.8 Å². The van der Waals surface area contributed by atoms with Gasteiger partial charge in [0.2, 0.25) is 17.7 Å². The molecule has 0 aliphatic carbocycles. The molecule has 2 saturated heterocycles. The number of amides is 3. The van der Waals surface area contributed by atoms with Crippen LogP contribution in [0.1, 0.15) is 66.7 Å². The normalized spacial score (nSPS) is 34.8. The van der Waals surface area contributed by atoms with Gasteiger partial charge in [-0.2, -0.15) is 0 Å². The van der Waals surface area contributed by atoms with Crippen molar-refractivity contribution < 1.29 is 19.5 Å². The SMILES string of the molecule is CCCCCN1CC=C[C@]23S[C@]4(C)C=CCN(CCC)C(=O)[C@@H]4[C@H]2C(=O)N([C@@H](CO)[C@@H](C)CC)C3C1=O. The Morgan fingerprint density at radius 3 is 2.24 bits per heavy atom. The first-order chi connectivity index (χ1) is 17.7. The zero-order valence-corrected chi connectivity index (χ0v) is 24.0. The van der Waals surface area contributed by atoms with E-state index in [0.717, 1.165) is 32.1 Å². The van der Waals surface area contributed by atoms with Crippen molar-refractivity contribution in [3.63, 3.8) is 0 Å². The highest BCUT2D eigenvalue weighted by atomic mass is 32.2. The number of likely N-dealkylation sites (tertiary alicyclic amines) is 1. The summed E-state index contributed by atoms with van der Waals surface area (Å²) >= 11 is 1.63. The maximum atomic E-state index is 14.5. The van der Waals surface area contributed by atoms with E-state index in [0.29, 0.717) is 26.2 Å². The predicted octanol–water partition coefficient (Wildman–Crippen LogP) is 3.48. The third-order valence-electron chi connectivity index (χ3n) is 9.03. The Balaban J connectivity index is 1.85. The van der Waals surface area contributed by atoms with Crippen LogP contribution in [-0.2, 0) is 14.4 Å². The third-order valence-corrected chi connectivity index (χ3v) is 10.8. The fourth-order valence-electron chi connectivity index (χ4n) is 6.95. The molecule has 7 atom stereocenters. The number of hydrogen-bond donors (Lipinski definition) is 1. The molecule has 37 heavy (non-hydrogen) atoms. The smallest absolute Gasteiger partial charge is 0.247 e. The zero-order valence-electron chi connectivity index (χ0n) is 23.2. The fourth-order valence-corrected chi connectivity index (χ4v) is 9.10. The molecule has 8 heteroatoms. The first-order valence-corrected chi connectivity index (χ1v) is 15.1. The van der Waals surface area contributed by atoms with E-state index >= 15 is 0 Å². The van der Waals surface area contributed by atoms with Crippen molar-refractivity contribution in [3.05, 3.63) is 24.3 Å². The molecule has 0 aromatic rings. The van der Waals surface area contributed by atoms with Gasteiger partial charge in [-0.3, -0.25) is 14.4 Å². The van der Waals surface area contributed by atoms with Crippen molar-refractivity contribution in [2.75, 3.05) is 32.8 Å². The molecule has 0 bridgehead atoms. The third kappa shape index (κ3) is 4.56. The van der Waals surface area contributed by atoms with Crippen molar-refractivity contribution in [3.8, 4) is 0 Å². The summed E-state index contributed by atoms with van der Waals surface area (Å²) < 4.78 is -1.43. The Labute approximate surface area is 226 Å². The van der Waals surface area contributed by atoms with E-state index in [9.17, 15) is 19.5 Å². The molecule has 4 heterocycles. The van der Waals surface area contributed by atoms with E-state index in [4.69, 9.17) is 0 Å². The summed E-state index contributed by atoms with van der Waals surface area (Å²) in [5.74, 6) is -1.37. The molecule has 3 amide bonds. The lowest BCUT2D eigenvalue weighted by atomic mass is 9.74. The molecule has 0 radical (unpaired) electrons. The number of fused-ring (bicyclic) bond motifs is 2. The van der Waals surface area contributed by atoms with Gasteiger partial charge in [-0.05, 0) is 25.7 Å². The van der Waals surface area contributed by atoms with Crippen molar-refractivity contribution in [2.45, 2.75) is 88.3 Å². The summed E-state index contributed by atoms with van der Waals surface area (Å²) in [5, 5.41) is 10.5. The van der Waals surface area contributed by atoms with Crippen LogP contribution in [0.2, 0.25) is 0 Å². The van der Waals surface area contributed by atoms with E-state index in [-0.39, 0.29) is 30.2 Å². The number of aliphatic hydroxyl groups excluding tert-OH is 1. The number of carbonyl (C=O) groups excluding carboxylic acids is 3. The Kier molecular flexibility index (Phi) is 8.49. The predicted molar refractivity (Wildman–Crippen MR) is 148 cm³/mol. The molecule has 4 aliphatic heterocycles. The van der Waals surface area contributed by atoms with Crippen LogP contribution < -0.4 is 0 Å². The van der Waals surface area contributed by atoms with Crippen LogP contribution >= 0.6 is 11.8 Å². The number of aliphatic hydroxyl groups is 1. The second-order valence-corrected chi connectivity index (χ2v) is 13.2. The minimum absolute atomic E-state index is 0.00617. The first kappa shape index (κ1) is 28.2. The Hall–Kier alpha value is -1.80. The summed E-state index contributed by atoms with van der Waals surface area (Å²) in [5.41, 5.74) is 0. The molecular formula is C29H45N3O4S. The summed E-state index contributed by atoms with van der Waals surface area (Å²) in [6, 6.07) is -1.20. The number of carbonyl (C=O) groups is 3. The van der Waals surface area contributed by atoms with Crippen molar-refractivity contribution in [2.24, 2.45) is 17.8 Å². The molecule has 1 spiro atoms. The van der Waals surface area contributed by atoms with Crippen molar-refractivity contribution in [1.29, 1.82) is 0 Å². The molecule has 1 N–H and O–H groups in total. The molecule has 1 unspecified atom stereocenters.